The number of hydrogen-bond donors (Lipinski definition) is 1. The standard InChI is InChI=1S/C12H15ClO3/c1-7-3-9(4-8(2)11(7)14)12-15-6-10(5-13)16-12/h3-4,10,12,14H,5-6H2,1-2H3. The third-order valence-corrected chi connectivity index (χ3v) is 3.05. The van der Waals surface area contributed by atoms with Crippen LogP contribution in [0, 0.1) is 13.8 Å². The minimum Gasteiger partial charge on any atom is -0.507 e. The van der Waals surface area contributed by atoms with Gasteiger partial charge in [0.15, 0.2) is 6.29 Å². The highest BCUT2D eigenvalue weighted by molar-refractivity contribution is 6.18. The first-order chi connectivity index (χ1) is 7.61. The van der Waals surface area contributed by atoms with Gasteiger partial charge >= 0.3 is 0 Å². The summed E-state index contributed by atoms with van der Waals surface area (Å²) in [6.45, 7) is 4.24. The third-order valence-electron chi connectivity index (χ3n) is 2.71. The average molecular weight is 243 g/mol. The van der Waals surface area contributed by atoms with Crippen LogP contribution in [0.25, 0.3) is 0 Å². The van der Waals surface area contributed by atoms with E-state index in [1.165, 1.54) is 0 Å². The molecular formula is C12H15ClO3. The van der Waals surface area contributed by atoms with Gasteiger partial charge in [0.1, 0.15) is 5.75 Å². The highest BCUT2D eigenvalue weighted by Gasteiger charge is 2.27. The van der Waals surface area contributed by atoms with Crippen LogP contribution in [-0.4, -0.2) is 23.7 Å². The number of phenolic OH excluding ortho intramolecular Hbond substituents is 1. The normalized spacial score (nSPS) is 24.9. The summed E-state index contributed by atoms with van der Waals surface area (Å²) >= 11 is 5.70. The number of benzene rings is 1. The van der Waals surface area contributed by atoms with Crippen molar-refractivity contribution in [2.24, 2.45) is 0 Å². The van der Waals surface area contributed by atoms with Crippen molar-refractivity contribution in [2.45, 2.75) is 26.2 Å². The van der Waals surface area contributed by atoms with Crippen molar-refractivity contribution < 1.29 is 14.6 Å². The Morgan fingerprint density at radius 2 is 2.00 bits per heavy atom. The smallest absolute Gasteiger partial charge is 0.184 e. The quantitative estimate of drug-likeness (QED) is 0.811. The zero-order valence-corrected chi connectivity index (χ0v) is 10.1. The fraction of sp³-hybridized carbons (Fsp3) is 0.500. The van der Waals surface area contributed by atoms with Crippen LogP contribution < -0.4 is 0 Å². The Hall–Kier alpha value is -0.770. The van der Waals surface area contributed by atoms with E-state index in [9.17, 15) is 5.11 Å². The third kappa shape index (κ3) is 2.17. The van der Waals surface area contributed by atoms with Crippen LogP contribution in [0.4, 0.5) is 0 Å². The van der Waals surface area contributed by atoms with E-state index in [0.29, 0.717) is 18.2 Å². The molecule has 0 aliphatic carbocycles. The molecule has 1 heterocycles. The molecule has 2 rings (SSSR count). The first-order valence-corrected chi connectivity index (χ1v) is 5.78. The van der Waals surface area contributed by atoms with Gasteiger partial charge in [-0.2, -0.15) is 0 Å². The number of hydrogen-bond acceptors (Lipinski definition) is 3. The zero-order valence-electron chi connectivity index (χ0n) is 9.37. The molecule has 2 atom stereocenters. The van der Waals surface area contributed by atoms with E-state index >= 15 is 0 Å². The van der Waals surface area contributed by atoms with Gasteiger partial charge in [-0.3, -0.25) is 0 Å². The molecule has 1 saturated heterocycles. The highest BCUT2D eigenvalue weighted by atomic mass is 35.5. The SMILES string of the molecule is Cc1cc(C2OCC(CCl)O2)cc(C)c1O. The summed E-state index contributed by atoms with van der Waals surface area (Å²) in [5.41, 5.74) is 2.59. The van der Waals surface area contributed by atoms with E-state index in [1.807, 2.05) is 26.0 Å². The first-order valence-electron chi connectivity index (χ1n) is 5.25. The van der Waals surface area contributed by atoms with Crippen molar-refractivity contribution in [1.82, 2.24) is 0 Å². The van der Waals surface area contributed by atoms with E-state index in [1.54, 1.807) is 0 Å². The molecule has 0 bridgehead atoms. The summed E-state index contributed by atoms with van der Waals surface area (Å²) in [5.74, 6) is 0.766. The van der Waals surface area contributed by atoms with Gasteiger partial charge < -0.3 is 14.6 Å². The summed E-state index contributed by atoms with van der Waals surface area (Å²) in [4.78, 5) is 0. The number of ether oxygens (including phenoxy) is 2. The van der Waals surface area contributed by atoms with Gasteiger partial charge in [-0.1, -0.05) is 0 Å². The fourth-order valence-electron chi connectivity index (χ4n) is 1.83. The molecule has 0 saturated carbocycles. The van der Waals surface area contributed by atoms with Crippen LogP contribution in [-0.2, 0) is 9.47 Å². The largest absolute Gasteiger partial charge is 0.507 e. The molecule has 1 fully saturated rings. The van der Waals surface area contributed by atoms with Crippen molar-refractivity contribution in [3.8, 4) is 5.75 Å². The Labute approximate surface area is 99.9 Å². The Kier molecular flexibility index (Phi) is 3.38. The van der Waals surface area contributed by atoms with Crippen molar-refractivity contribution in [2.75, 3.05) is 12.5 Å². The Morgan fingerprint density at radius 1 is 1.38 bits per heavy atom. The van der Waals surface area contributed by atoms with Crippen LogP contribution in [0.2, 0.25) is 0 Å². The lowest BCUT2D eigenvalue weighted by Crippen LogP contribution is -2.10. The molecule has 0 amide bonds. The number of aryl methyl sites for hydroxylation is 2. The van der Waals surface area contributed by atoms with Crippen LogP contribution >= 0.6 is 11.6 Å². The van der Waals surface area contributed by atoms with Gasteiger partial charge in [-0.15, -0.1) is 11.6 Å². The molecule has 16 heavy (non-hydrogen) atoms. The first kappa shape index (κ1) is 11.7. The number of halogens is 1. The van der Waals surface area contributed by atoms with E-state index < -0.39 is 0 Å². The maximum Gasteiger partial charge on any atom is 0.184 e. The summed E-state index contributed by atoms with van der Waals surface area (Å²) < 4.78 is 11.1. The van der Waals surface area contributed by atoms with E-state index in [0.717, 1.165) is 16.7 Å². The molecule has 2 unspecified atom stereocenters. The van der Waals surface area contributed by atoms with Gasteiger partial charge in [0.05, 0.1) is 18.6 Å². The van der Waals surface area contributed by atoms with Crippen LogP contribution in [0.1, 0.15) is 23.0 Å². The molecule has 1 aromatic rings. The second kappa shape index (κ2) is 4.62. The highest BCUT2D eigenvalue weighted by Crippen LogP contribution is 2.32. The minimum absolute atomic E-state index is 0.0407. The molecule has 0 radical (unpaired) electrons. The van der Waals surface area contributed by atoms with E-state index in [2.05, 4.69) is 0 Å². The monoisotopic (exact) mass is 242 g/mol. The summed E-state index contributed by atoms with van der Waals surface area (Å²) in [5, 5.41) is 9.67. The molecule has 1 aromatic carbocycles. The van der Waals surface area contributed by atoms with Gasteiger partial charge in [0.25, 0.3) is 0 Å². The molecule has 88 valence electrons. The van der Waals surface area contributed by atoms with E-state index in [-0.39, 0.29) is 12.4 Å². The Morgan fingerprint density at radius 3 is 2.50 bits per heavy atom. The number of rotatable bonds is 2. The molecule has 1 N–H and O–H groups in total. The lowest BCUT2D eigenvalue weighted by atomic mass is 10.1. The topological polar surface area (TPSA) is 38.7 Å². The summed E-state index contributed by atoms with van der Waals surface area (Å²) in [7, 11) is 0. The summed E-state index contributed by atoms with van der Waals surface area (Å²) in [6, 6.07) is 3.76. The second-order valence-corrected chi connectivity index (χ2v) is 4.39. The molecule has 0 aromatic heterocycles. The number of phenols is 1. The van der Waals surface area contributed by atoms with Gasteiger partial charge in [0.2, 0.25) is 0 Å². The van der Waals surface area contributed by atoms with Crippen LogP contribution in [0.15, 0.2) is 12.1 Å². The van der Waals surface area contributed by atoms with Crippen molar-refractivity contribution in [3.63, 3.8) is 0 Å². The minimum atomic E-state index is -0.359. The lowest BCUT2D eigenvalue weighted by molar-refractivity contribution is -0.0567. The van der Waals surface area contributed by atoms with E-state index in [4.69, 9.17) is 21.1 Å². The molecular weight excluding hydrogens is 228 g/mol. The fourth-order valence-corrected chi connectivity index (χ4v) is 1.99. The van der Waals surface area contributed by atoms with Crippen molar-refractivity contribution in [3.05, 3.63) is 28.8 Å². The number of alkyl halides is 1. The predicted molar refractivity (Wildman–Crippen MR) is 61.9 cm³/mol. The van der Waals surface area contributed by atoms with Gasteiger partial charge in [-0.05, 0) is 37.1 Å². The van der Waals surface area contributed by atoms with Crippen molar-refractivity contribution in [1.29, 1.82) is 0 Å². The van der Waals surface area contributed by atoms with Crippen molar-refractivity contribution >= 4 is 11.6 Å². The second-order valence-electron chi connectivity index (χ2n) is 4.08. The molecule has 1 aliphatic rings. The molecule has 4 heteroatoms. The van der Waals surface area contributed by atoms with Gasteiger partial charge in [0, 0.05) is 5.56 Å². The molecule has 0 spiro atoms. The maximum absolute atomic E-state index is 9.67. The van der Waals surface area contributed by atoms with Crippen LogP contribution in [0.3, 0.4) is 0 Å². The Balaban J connectivity index is 2.22. The number of aromatic hydroxyl groups is 1. The molecule has 1 aliphatic heterocycles. The molecule has 3 nitrogen and oxygen atoms in total. The lowest BCUT2D eigenvalue weighted by Gasteiger charge is -2.13. The Bertz CT molecular complexity index is 369. The van der Waals surface area contributed by atoms with Crippen LogP contribution in [0.5, 0.6) is 5.75 Å². The summed E-state index contributed by atoms with van der Waals surface area (Å²) in [6.07, 6.45) is -0.400. The average Bonchev–Trinajstić information content (AvgIpc) is 2.73. The zero-order chi connectivity index (χ0) is 11.7. The van der Waals surface area contributed by atoms with Gasteiger partial charge in [-0.25, -0.2) is 0 Å². The predicted octanol–water partition coefficient (Wildman–Crippen LogP) is 2.66. The maximum atomic E-state index is 9.67.